The number of pyridine rings is 1. The van der Waals surface area contributed by atoms with Gasteiger partial charge in [-0.1, -0.05) is 54.1 Å². The van der Waals surface area contributed by atoms with E-state index in [1.165, 1.54) is 21.6 Å². The number of nitrogens with one attached hydrogen (secondary N) is 1. The number of hydrogen-bond acceptors (Lipinski definition) is 8. The number of hydrogen-bond donors (Lipinski definition) is 1. The summed E-state index contributed by atoms with van der Waals surface area (Å²) in [4.78, 5) is 41.1. The number of aromatic nitrogens is 3. The van der Waals surface area contributed by atoms with Gasteiger partial charge >= 0.3 is 0 Å². The van der Waals surface area contributed by atoms with Crippen molar-refractivity contribution in [3.63, 3.8) is 0 Å². The van der Waals surface area contributed by atoms with Crippen molar-refractivity contribution in [1.29, 1.82) is 0 Å². The summed E-state index contributed by atoms with van der Waals surface area (Å²) in [7, 11) is -3.91. The second-order valence-electron chi connectivity index (χ2n) is 10.2. The average Bonchev–Trinajstić information content (AvgIpc) is 3.49. The number of benzene rings is 2. The summed E-state index contributed by atoms with van der Waals surface area (Å²) in [6, 6.07) is 21.0. The fraction of sp³-hybridized carbons (Fsp3) is 0.194. The topological polar surface area (TPSA) is 125 Å². The summed E-state index contributed by atoms with van der Waals surface area (Å²) >= 11 is 7.25. The molecule has 1 aliphatic rings. The van der Waals surface area contributed by atoms with Gasteiger partial charge in [0.25, 0.3) is 15.9 Å². The van der Waals surface area contributed by atoms with Crippen molar-refractivity contribution in [2.75, 3.05) is 19.6 Å². The van der Waals surface area contributed by atoms with Gasteiger partial charge in [0, 0.05) is 66.5 Å². The molecule has 13 heteroatoms. The Hall–Kier alpha value is -4.23. The van der Waals surface area contributed by atoms with Gasteiger partial charge in [0.15, 0.2) is 0 Å². The molecule has 10 nitrogen and oxygen atoms in total. The Bertz CT molecular complexity index is 1900. The summed E-state index contributed by atoms with van der Waals surface area (Å²) in [5.74, 6) is -0.831. The number of rotatable bonds is 8. The highest BCUT2D eigenvalue weighted by molar-refractivity contribution is 7.91. The van der Waals surface area contributed by atoms with Crippen LogP contribution >= 0.6 is 22.9 Å². The summed E-state index contributed by atoms with van der Waals surface area (Å²) in [6.07, 6.45) is 4.61. The minimum Gasteiger partial charge on any atom is -0.352 e. The average molecular weight is 647 g/mol. The van der Waals surface area contributed by atoms with Crippen molar-refractivity contribution in [3.8, 4) is 11.3 Å². The van der Waals surface area contributed by atoms with Gasteiger partial charge in [-0.3, -0.25) is 14.6 Å². The first-order chi connectivity index (χ1) is 21.3. The van der Waals surface area contributed by atoms with Crippen LogP contribution in [0.1, 0.15) is 22.6 Å². The van der Waals surface area contributed by atoms with Crippen LogP contribution in [0.25, 0.3) is 21.3 Å². The van der Waals surface area contributed by atoms with Crippen LogP contribution in [0.5, 0.6) is 0 Å². The van der Waals surface area contributed by atoms with E-state index >= 15 is 0 Å². The Morgan fingerprint density at radius 2 is 1.73 bits per heavy atom. The van der Waals surface area contributed by atoms with Crippen molar-refractivity contribution in [2.24, 2.45) is 0 Å². The third kappa shape index (κ3) is 6.48. The highest BCUT2D eigenvalue weighted by atomic mass is 35.5. The molecule has 2 amide bonds. The Balaban J connectivity index is 1.23. The molecule has 0 aliphatic carbocycles. The van der Waals surface area contributed by atoms with E-state index in [9.17, 15) is 18.0 Å². The highest BCUT2D eigenvalue weighted by Crippen LogP contribution is 2.33. The molecule has 0 spiro atoms. The zero-order chi connectivity index (χ0) is 30.7. The van der Waals surface area contributed by atoms with Crippen LogP contribution in [0.2, 0.25) is 5.02 Å². The van der Waals surface area contributed by atoms with Gasteiger partial charge in [-0.25, -0.2) is 18.4 Å². The van der Waals surface area contributed by atoms with Crippen LogP contribution in [0.3, 0.4) is 0 Å². The predicted octanol–water partition coefficient (Wildman–Crippen LogP) is 4.63. The fourth-order valence-corrected chi connectivity index (χ4v) is 8.34. The van der Waals surface area contributed by atoms with Crippen molar-refractivity contribution in [2.45, 2.75) is 23.2 Å². The number of thiophene rings is 1. The number of halogens is 1. The molecule has 1 aliphatic heterocycles. The number of fused-ring (bicyclic) bond motifs is 1. The zero-order valence-corrected chi connectivity index (χ0v) is 25.7. The maximum absolute atomic E-state index is 13.8. The Labute approximate surface area is 263 Å². The van der Waals surface area contributed by atoms with Crippen LogP contribution in [-0.2, 0) is 21.4 Å². The van der Waals surface area contributed by atoms with Gasteiger partial charge in [-0.2, -0.15) is 4.31 Å². The number of nitrogens with zero attached hydrogens (tertiary/aromatic N) is 5. The lowest BCUT2D eigenvalue weighted by molar-refractivity contribution is -0.122. The number of amides is 2. The largest absolute Gasteiger partial charge is 0.352 e. The van der Waals surface area contributed by atoms with Crippen molar-refractivity contribution in [1.82, 2.24) is 29.5 Å². The van der Waals surface area contributed by atoms with E-state index in [0.717, 1.165) is 27.0 Å². The Kier molecular flexibility index (Phi) is 8.67. The third-order valence-electron chi connectivity index (χ3n) is 7.32. The van der Waals surface area contributed by atoms with Crippen LogP contribution < -0.4 is 5.32 Å². The minimum absolute atomic E-state index is 0.0444. The van der Waals surface area contributed by atoms with Gasteiger partial charge in [-0.05, 0) is 41.3 Å². The van der Waals surface area contributed by atoms with E-state index in [2.05, 4.69) is 20.3 Å². The summed E-state index contributed by atoms with van der Waals surface area (Å²) in [5.41, 5.74) is 2.24. The third-order valence-corrected chi connectivity index (χ3v) is 11.0. The molecule has 6 rings (SSSR count). The second-order valence-corrected chi connectivity index (χ2v) is 13.9. The lowest BCUT2D eigenvalue weighted by Gasteiger charge is -2.40. The number of carbonyl (C=O) groups excluding carboxylic acids is 2. The van der Waals surface area contributed by atoms with Gasteiger partial charge in [0.2, 0.25) is 11.7 Å². The SMILES string of the molecule is O=C(CC1CN(S(=O)(=O)c2cc3ccc(Cl)cc3s2)CCN1C(=O)c1ncc(-c2ccccn2)cn1)NCc1ccccc1. The summed E-state index contributed by atoms with van der Waals surface area (Å²) in [6.45, 7) is 0.368. The first-order valence-electron chi connectivity index (χ1n) is 13.8. The molecule has 2 aromatic carbocycles. The smallest absolute Gasteiger partial charge is 0.292 e. The van der Waals surface area contributed by atoms with Crippen LogP contribution in [0.4, 0.5) is 0 Å². The van der Waals surface area contributed by atoms with Crippen LogP contribution in [0, 0.1) is 0 Å². The Morgan fingerprint density at radius 3 is 2.48 bits per heavy atom. The number of piperazine rings is 1. The van der Waals surface area contributed by atoms with E-state index in [4.69, 9.17) is 11.6 Å². The molecule has 1 N–H and O–H groups in total. The van der Waals surface area contributed by atoms with E-state index in [-0.39, 0.29) is 42.0 Å². The molecule has 0 saturated carbocycles. The molecule has 0 bridgehead atoms. The van der Waals surface area contributed by atoms with E-state index in [0.29, 0.717) is 22.8 Å². The molecule has 0 radical (unpaired) electrons. The summed E-state index contributed by atoms with van der Waals surface area (Å²) < 4.78 is 29.8. The van der Waals surface area contributed by atoms with E-state index < -0.39 is 22.0 Å². The molecule has 5 aromatic rings. The fourth-order valence-electron chi connectivity index (χ4n) is 5.04. The lowest BCUT2D eigenvalue weighted by atomic mass is 10.1. The highest BCUT2D eigenvalue weighted by Gasteiger charge is 2.39. The van der Waals surface area contributed by atoms with Crippen LogP contribution in [-0.4, -0.2) is 70.1 Å². The molecular formula is C31H27ClN6O4S2. The normalized spacial score (nSPS) is 15.8. The first kappa shape index (κ1) is 29.8. The first-order valence-corrected chi connectivity index (χ1v) is 16.5. The van der Waals surface area contributed by atoms with Crippen LogP contribution in [0.15, 0.2) is 95.6 Å². The molecule has 3 aromatic heterocycles. The van der Waals surface area contributed by atoms with E-state index in [1.807, 2.05) is 42.5 Å². The summed E-state index contributed by atoms with van der Waals surface area (Å²) in [5, 5.41) is 4.18. The standard InChI is InChI=1S/C31H27ClN6O4S2/c32-24-10-9-22-14-29(43-27(22)15-24)44(41,42)37-12-13-38(25(20-37)16-28(39)34-17-21-6-2-1-3-7-21)31(40)30-35-18-23(19-36-30)26-8-4-5-11-33-26/h1-11,14-15,18-19,25H,12-13,16-17,20H2,(H,34,39). The lowest BCUT2D eigenvalue weighted by Crippen LogP contribution is -2.57. The van der Waals surface area contributed by atoms with Gasteiger partial charge in [-0.15, -0.1) is 11.3 Å². The van der Waals surface area contributed by atoms with Gasteiger partial charge in [0.1, 0.15) is 4.21 Å². The number of sulfonamides is 1. The maximum atomic E-state index is 13.8. The molecule has 1 fully saturated rings. The van der Waals surface area contributed by atoms with Gasteiger partial charge in [0.05, 0.1) is 11.7 Å². The molecule has 4 heterocycles. The predicted molar refractivity (Wildman–Crippen MR) is 169 cm³/mol. The minimum atomic E-state index is -3.91. The Morgan fingerprint density at radius 1 is 0.955 bits per heavy atom. The van der Waals surface area contributed by atoms with Crippen molar-refractivity contribution < 1.29 is 18.0 Å². The monoisotopic (exact) mass is 646 g/mol. The number of carbonyl (C=O) groups is 2. The van der Waals surface area contributed by atoms with E-state index in [1.54, 1.807) is 36.5 Å². The maximum Gasteiger partial charge on any atom is 0.292 e. The van der Waals surface area contributed by atoms with Gasteiger partial charge < -0.3 is 10.2 Å². The second kappa shape index (κ2) is 12.8. The zero-order valence-electron chi connectivity index (χ0n) is 23.3. The quantitative estimate of drug-likeness (QED) is 0.261. The molecule has 1 atom stereocenters. The molecule has 224 valence electrons. The van der Waals surface area contributed by atoms with Crippen molar-refractivity contribution >= 4 is 54.9 Å². The molecule has 1 saturated heterocycles. The molecular weight excluding hydrogens is 620 g/mol. The van der Waals surface area contributed by atoms with Crippen molar-refractivity contribution in [3.05, 3.63) is 108 Å². The molecule has 44 heavy (non-hydrogen) atoms. The molecule has 1 unspecified atom stereocenters.